The van der Waals surface area contributed by atoms with Crippen molar-refractivity contribution in [3.05, 3.63) is 65.9 Å². The lowest BCUT2D eigenvalue weighted by Crippen LogP contribution is -2.03. The number of hydrogen-bond acceptors (Lipinski definition) is 1. The van der Waals surface area contributed by atoms with Crippen molar-refractivity contribution >= 4 is 5.69 Å². The molecule has 0 amide bonds. The largest absolute Gasteiger partial charge is 0.361 e. The Balaban J connectivity index is 2.08. The van der Waals surface area contributed by atoms with E-state index in [4.69, 9.17) is 0 Å². The summed E-state index contributed by atoms with van der Waals surface area (Å²) in [5, 5.41) is 3.34. The Labute approximate surface area is 110 Å². The van der Waals surface area contributed by atoms with Crippen LogP contribution in [-0.4, -0.2) is 0 Å². The summed E-state index contributed by atoms with van der Waals surface area (Å²) in [4.78, 5) is 0. The predicted molar refractivity (Wildman–Crippen MR) is 79.7 cm³/mol. The van der Waals surface area contributed by atoms with Gasteiger partial charge in [-0.2, -0.15) is 0 Å². The Morgan fingerprint density at radius 1 is 1.11 bits per heavy atom. The van der Waals surface area contributed by atoms with Crippen LogP contribution in [0.2, 0.25) is 0 Å². The van der Waals surface area contributed by atoms with E-state index in [9.17, 15) is 0 Å². The first-order valence-electron chi connectivity index (χ1n) is 6.62. The molecule has 1 fully saturated rings. The summed E-state index contributed by atoms with van der Waals surface area (Å²) in [5.41, 5.74) is 6.07. The van der Waals surface area contributed by atoms with E-state index in [2.05, 4.69) is 49.7 Å². The van der Waals surface area contributed by atoms with Gasteiger partial charge < -0.3 is 5.32 Å². The summed E-state index contributed by atoms with van der Waals surface area (Å²) in [6.07, 6.45) is 6.47. The maximum atomic E-state index is 4.12. The third-order valence-corrected chi connectivity index (χ3v) is 3.46. The molecule has 94 valence electrons. The van der Waals surface area contributed by atoms with Gasteiger partial charge in [0.2, 0.25) is 0 Å². The second-order valence-electron chi connectivity index (χ2n) is 4.81. The fraction of sp³-hybridized carbons (Fsp3) is 0.294. The minimum Gasteiger partial charge on any atom is -0.361 e. The van der Waals surface area contributed by atoms with Gasteiger partial charge in [0.25, 0.3) is 0 Å². The molecule has 1 saturated carbocycles. The van der Waals surface area contributed by atoms with Crippen LogP contribution in [-0.2, 0) is 6.42 Å². The number of rotatable bonds is 3. The minimum atomic E-state index is 1.08. The van der Waals surface area contributed by atoms with E-state index in [0.717, 1.165) is 24.9 Å². The van der Waals surface area contributed by atoms with Crippen molar-refractivity contribution in [1.29, 1.82) is 0 Å². The van der Waals surface area contributed by atoms with Crippen molar-refractivity contribution in [2.45, 2.75) is 32.6 Å². The molecule has 1 aliphatic rings. The molecule has 1 N–H and O–H groups in total. The van der Waals surface area contributed by atoms with Gasteiger partial charge in [0.15, 0.2) is 0 Å². The minimum absolute atomic E-state index is 1.08. The lowest BCUT2D eigenvalue weighted by atomic mass is 9.87. The van der Waals surface area contributed by atoms with Crippen molar-refractivity contribution in [2.75, 3.05) is 5.32 Å². The predicted octanol–water partition coefficient (Wildman–Crippen LogP) is 4.84. The summed E-state index contributed by atoms with van der Waals surface area (Å²) in [7, 11) is 0. The summed E-state index contributed by atoms with van der Waals surface area (Å²) in [6.45, 7) is 10.4. The highest BCUT2D eigenvalue weighted by Gasteiger charge is 2.12. The van der Waals surface area contributed by atoms with Crippen LogP contribution in [0.1, 0.15) is 31.7 Å². The first-order valence-corrected chi connectivity index (χ1v) is 6.62. The van der Waals surface area contributed by atoms with E-state index in [1.165, 1.54) is 28.7 Å². The number of nitrogens with one attached hydrogen (secondary N) is 1. The first-order chi connectivity index (χ1) is 8.70. The molecule has 0 unspecified atom stereocenters. The first kappa shape index (κ1) is 12.7. The molecule has 0 radical (unpaired) electrons. The second kappa shape index (κ2) is 5.72. The Hall–Kier alpha value is -1.76. The van der Waals surface area contributed by atoms with Gasteiger partial charge in [0, 0.05) is 11.9 Å². The fourth-order valence-electron chi connectivity index (χ4n) is 2.23. The van der Waals surface area contributed by atoms with E-state index >= 15 is 0 Å². The Morgan fingerprint density at radius 2 is 1.72 bits per heavy atom. The van der Waals surface area contributed by atoms with Gasteiger partial charge in [-0.15, -0.1) is 0 Å². The van der Waals surface area contributed by atoms with Crippen LogP contribution in [0.25, 0.3) is 0 Å². The standard InChI is InChI=1S/C17H21N/c1-4-15-8-10-16(11-9-15)18-12-17-13(2)6-5-7-14(17)3/h8-12,18H,2-7H2,1H3. The molecule has 0 saturated heterocycles. The zero-order chi connectivity index (χ0) is 13.0. The van der Waals surface area contributed by atoms with Crippen LogP contribution < -0.4 is 5.32 Å². The number of anilines is 1. The van der Waals surface area contributed by atoms with Crippen LogP contribution in [0.3, 0.4) is 0 Å². The molecule has 0 bridgehead atoms. The molecule has 1 nitrogen and oxygen atoms in total. The molecule has 1 heteroatoms. The molecule has 0 aromatic heterocycles. The third kappa shape index (κ3) is 2.92. The van der Waals surface area contributed by atoms with E-state index < -0.39 is 0 Å². The zero-order valence-electron chi connectivity index (χ0n) is 11.1. The van der Waals surface area contributed by atoms with Gasteiger partial charge in [-0.1, -0.05) is 32.2 Å². The zero-order valence-corrected chi connectivity index (χ0v) is 11.1. The molecule has 1 aliphatic carbocycles. The molecule has 1 aromatic carbocycles. The molecule has 0 atom stereocenters. The fourth-order valence-corrected chi connectivity index (χ4v) is 2.23. The van der Waals surface area contributed by atoms with Gasteiger partial charge in [-0.25, -0.2) is 0 Å². The highest BCUT2D eigenvalue weighted by molar-refractivity contribution is 5.53. The molecule has 0 spiro atoms. The number of allylic oxidation sites excluding steroid dienone is 3. The van der Waals surface area contributed by atoms with Crippen LogP contribution in [0.15, 0.2) is 60.3 Å². The summed E-state index contributed by atoms with van der Waals surface area (Å²) in [5.74, 6) is 0. The van der Waals surface area contributed by atoms with Crippen molar-refractivity contribution in [2.24, 2.45) is 0 Å². The smallest absolute Gasteiger partial charge is 0.0380 e. The highest BCUT2D eigenvalue weighted by atomic mass is 14.8. The van der Waals surface area contributed by atoms with Crippen molar-refractivity contribution < 1.29 is 0 Å². The topological polar surface area (TPSA) is 12.0 Å². The number of benzene rings is 1. The SMILES string of the molecule is C=C1CCCC(=C)C1=CNc1ccc(CC)cc1. The molecule has 0 heterocycles. The quantitative estimate of drug-likeness (QED) is 0.795. The van der Waals surface area contributed by atoms with Crippen molar-refractivity contribution in [3.8, 4) is 0 Å². The molecular formula is C17H21N. The van der Waals surface area contributed by atoms with Crippen LogP contribution >= 0.6 is 0 Å². The normalized spacial score (nSPS) is 15.7. The lowest BCUT2D eigenvalue weighted by Gasteiger charge is -2.19. The highest BCUT2D eigenvalue weighted by Crippen LogP contribution is 2.31. The van der Waals surface area contributed by atoms with E-state index in [0.29, 0.717) is 0 Å². The van der Waals surface area contributed by atoms with Crippen LogP contribution in [0.5, 0.6) is 0 Å². The van der Waals surface area contributed by atoms with Crippen molar-refractivity contribution in [1.82, 2.24) is 0 Å². The summed E-state index contributed by atoms with van der Waals surface area (Å²) >= 11 is 0. The van der Waals surface area contributed by atoms with E-state index in [-0.39, 0.29) is 0 Å². The maximum Gasteiger partial charge on any atom is 0.0380 e. The molecule has 1 aromatic rings. The van der Waals surface area contributed by atoms with Gasteiger partial charge in [-0.3, -0.25) is 0 Å². The third-order valence-electron chi connectivity index (χ3n) is 3.46. The maximum absolute atomic E-state index is 4.12. The average molecular weight is 239 g/mol. The Bertz CT molecular complexity index is 459. The molecule has 18 heavy (non-hydrogen) atoms. The second-order valence-corrected chi connectivity index (χ2v) is 4.81. The Kier molecular flexibility index (Phi) is 4.03. The monoisotopic (exact) mass is 239 g/mol. The van der Waals surface area contributed by atoms with Crippen LogP contribution in [0, 0.1) is 0 Å². The molecular weight excluding hydrogens is 218 g/mol. The van der Waals surface area contributed by atoms with Gasteiger partial charge in [-0.05, 0) is 60.1 Å². The van der Waals surface area contributed by atoms with Crippen molar-refractivity contribution in [3.63, 3.8) is 0 Å². The lowest BCUT2D eigenvalue weighted by molar-refractivity contribution is 0.777. The number of aryl methyl sites for hydroxylation is 1. The Morgan fingerprint density at radius 3 is 2.28 bits per heavy atom. The summed E-state index contributed by atoms with van der Waals surface area (Å²) in [6, 6.07) is 8.55. The van der Waals surface area contributed by atoms with E-state index in [1.54, 1.807) is 0 Å². The average Bonchev–Trinajstić information content (AvgIpc) is 2.39. The number of hydrogen-bond donors (Lipinski definition) is 1. The molecule has 2 rings (SSSR count). The van der Waals surface area contributed by atoms with Crippen LogP contribution in [0.4, 0.5) is 5.69 Å². The van der Waals surface area contributed by atoms with Gasteiger partial charge in [0.1, 0.15) is 0 Å². The van der Waals surface area contributed by atoms with Gasteiger partial charge >= 0.3 is 0 Å². The summed E-state index contributed by atoms with van der Waals surface area (Å²) < 4.78 is 0. The van der Waals surface area contributed by atoms with E-state index in [1.807, 2.05) is 6.20 Å². The van der Waals surface area contributed by atoms with Gasteiger partial charge in [0.05, 0.1) is 0 Å². The molecule has 0 aliphatic heterocycles.